The number of nitrogens with zero attached hydrogens (tertiary/aromatic N) is 4. The summed E-state index contributed by atoms with van der Waals surface area (Å²) in [4.78, 5) is 11.5. The van der Waals surface area contributed by atoms with Crippen molar-refractivity contribution in [2.45, 2.75) is 25.1 Å². The van der Waals surface area contributed by atoms with Gasteiger partial charge in [-0.3, -0.25) is 4.79 Å². The molecular formula is C20H22N4O4S. The minimum Gasteiger partial charge on any atom is -0.493 e. The molecule has 9 heteroatoms. The van der Waals surface area contributed by atoms with Crippen LogP contribution in [0, 0.1) is 6.92 Å². The van der Waals surface area contributed by atoms with E-state index in [2.05, 4.69) is 15.5 Å². The van der Waals surface area contributed by atoms with Gasteiger partial charge in [0.15, 0.2) is 17.3 Å². The number of carbonyl (C=O) groups is 1. The first-order chi connectivity index (χ1) is 14.0. The van der Waals surface area contributed by atoms with E-state index in [1.165, 1.54) is 25.8 Å². The molecular weight excluding hydrogens is 392 g/mol. The second-order valence-corrected chi connectivity index (χ2v) is 7.39. The van der Waals surface area contributed by atoms with Gasteiger partial charge in [-0.15, -0.1) is 5.10 Å². The van der Waals surface area contributed by atoms with Crippen molar-refractivity contribution < 1.29 is 19.4 Å². The molecule has 0 aliphatic carbocycles. The highest BCUT2D eigenvalue weighted by Gasteiger charge is 2.14. The molecule has 3 rings (SSSR count). The summed E-state index contributed by atoms with van der Waals surface area (Å²) in [5.74, 6) is 1.20. The van der Waals surface area contributed by atoms with Gasteiger partial charge in [-0.05, 0) is 54.6 Å². The highest BCUT2D eigenvalue weighted by atomic mass is 32.2. The van der Waals surface area contributed by atoms with Crippen molar-refractivity contribution in [1.82, 2.24) is 20.2 Å². The number of rotatable bonds is 9. The molecule has 152 valence electrons. The Bertz CT molecular complexity index is 975. The number of aliphatic hydroxyl groups excluding tert-OH is 1. The number of ketones is 1. The molecule has 0 radical (unpaired) electrons. The minimum atomic E-state index is -0.750. The van der Waals surface area contributed by atoms with Crippen LogP contribution < -0.4 is 9.47 Å². The third-order valence-corrected chi connectivity index (χ3v) is 5.19. The standard InChI is InChI=1S/C20H22N4O4S/c1-13-4-7-16(8-5-13)24-20(21-22-23-24)29-12-17(26)11-28-18-9-6-15(14(2)25)10-19(18)27-3/h4-10,17,26H,11-12H2,1-3H3. The van der Waals surface area contributed by atoms with Crippen LogP contribution in [0.2, 0.25) is 0 Å². The van der Waals surface area contributed by atoms with E-state index in [9.17, 15) is 9.90 Å². The van der Waals surface area contributed by atoms with Gasteiger partial charge in [0.2, 0.25) is 5.16 Å². The fraction of sp³-hybridized carbons (Fsp3) is 0.300. The summed E-state index contributed by atoms with van der Waals surface area (Å²) < 4.78 is 12.6. The maximum Gasteiger partial charge on any atom is 0.214 e. The van der Waals surface area contributed by atoms with Crippen LogP contribution in [0.4, 0.5) is 0 Å². The second-order valence-electron chi connectivity index (χ2n) is 6.41. The van der Waals surface area contributed by atoms with Crippen molar-refractivity contribution in [3.8, 4) is 17.2 Å². The molecule has 1 unspecified atom stereocenters. The number of tetrazole rings is 1. The van der Waals surface area contributed by atoms with Crippen LogP contribution >= 0.6 is 11.8 Å². The number of aliphatic hydroxyl groups is 1. The predicted molar refractivity (Wildman–Crippen MR) is 109 cm³/mol. The summed E-state index contributed by atoms with van der Waals surface area (Å²) in [6, 6.07) is 12.8. The van der Waals surface area contributed by atoms with E-state index in [1.807, 2.05) is 31.2 Å². The minimum absolute atomic E-state index is 0.0578. The SMILES string of the molecule is COc1cc(C(C)=O)ccc1OCC(O)CSc1nnnn1-c1ccc(C)cc1. The number of hydrogen-bond acceptors (Lipinski definition) is 8. The fourth-order valence-corrected chi connectivity index (χ4v) is 3.32. The van der Waals surface area contributed by atoms with Crippen molar-refractivity contribution in [3.63, 3.8) is 0 Å². The molecule has 0 aliphatic rings. The Hall–Kier alpha value is -2.91. The molecule has 0 saturated heterocycles. The normalized spacial score (nSPS) is 11.9. The summed E-state index contributed by atoms with van der Waals surface area (Å²) in [5.41, 5.74) is 2.53. The van der Waals surface area contributed by atoms with Gasteiger partial charge in [0.05, 0.1) is 18.9 Å². The Kier molecular flexibility index (Phi) is 6.84. The zero-order valence-corrected chi connectivity index (χ0v) is 17.2. The van der Waals surface area contributed by atoms with Gasteiger partial charge < -0.3 is 14.6 Å². The molecule has 1 atom stereocenters. The largest absolute Gasteiger partial charge is 0.493 e. The first-order valence-electron chi connectivity index (χ1n) is 8.96. The van der Waals surface area contributed by atoms with Gasteiger partial charge >= 0.3 is 0 Å². The average molecular weight is 414 g/mol. The van der Waals surface area contributed by atoms with E-state index in [4.69, 9.17) is 9.47 Å². The lowest BCUT2D eigenvalue weighted by atomic mass is 10.1. The Labute approximate surface area is 172 Å². The van der Waals surface area contributed by atoms with Crippen molar-refractivity contribution in [3.05, 3.63) is 53.6 Å². The molecule has 1 heterocycles. The van der Waals surface area contributed by atoms with Crippen LogP contribution in [0.15, 0.2) is 47.6 Å². The second kappa shape index (κ2) is 9.53. The Morgan fingerprint density at radius 2 is 1.97 bits per heavy atom. The molecule has 8 nitrogen and oxygen atoms in total. The molecule has 3 aromatic rings. The summed E-state index contributed by atoms with van der Waals surface area (Å²) in [6.07, 6.45) is -0.750. The van der Waals surface area contributed by atoms with Crippen LogP contribution in [0.3, 0.4) is 0 Å². The van der Waals surface area contributed by atoms with Crippen LogP contribution in [0.1, 0.15) is 22.8 Å². The Morgan fingerprint density at radius 1 is 1.21 bits per heavy atom. The smallest absolute Gasteiger partial charge is 0.214 e. The summed E-state index contributed by atoms with van der Waals surface area (Å²) in [6.45, 7) is 3.56. The molecule has 0 aliphatic heterocycles. The highest BCUT2D eigenvalue weighted by molar-refractivity contribution is 7.99. The number of methoxy groups -OCH3 is 1. The van der Waals surface area contributed by atoms with Crippen molar-refractivity contribution in [1.29, 1.82) is 0 Å². The number of aromatic nitrogens is 4. The van der Waals surface area contributed by atoms with E-state index in [-0.39, 0.29) is 12.4 Å². The molecule has 0 spiro atoms. The summed E-state index contributed by atoms with van der Waals surface area (Å²) in [5, 5.41) is 22.6. The summed E-state index contributed by atoms with van der Waals surface area (Å²) in [7, 11) is 1.50. The first kappa shape index (κ1) is 20.8. The highest BCUT2D eigenvalue weighted by Crippen LogP contribution is 2.28. The molecule has 0 bridgehead atoms. The predicted octanol–water partition coefficient (Wildman–Crippen LogP) is 2.71. The first-order valence-corrected chi connectivity index (χ1v) is 9.94. The monoisotopic (exact) mass is 414 g/mol. The van der Waals surface area contributed by atoms with Gasteiger partial charge in [0.1, 0.15) is 6.61 Å². The van der Waals surface area contributed by atoms with E-state index in [1.54, 1.807) is 22.9 Å². The number of ether oxygens (including phenoxy) is 2. The fourth-order valence-electron chi connectivity index (χ4n) is 2.53. The Morgan fingerprint density at radius 3 is 2.66 bits per heavy atom. The molecule has 1 aromatic heterocycles. The number of hydrogen-bond donors (Lipinski definition) is 1. The van der Waals surface area contributed by atoms with Crippen molar-refractivity contribution >= 4 is 17.5 Å². The quantitative estimate of drug-likeness (QED) is 0.421. The van der Waals surface area contributed by atoms with Gasteiger partial charge in [-0.25, -0.2) is 0 Å². The molecule has 0 amide bonds. The van der Waals surface area contributed by atoms with Crippen LogP contribution in [0.25, 0.3) is 5.69 Å². The van der Waals surface area contributed by atoms with E-state index in [0.29, 0.717) is 28.0 Å². The van der Waals surface area contributed by atoms with Gasteiger partial charge in [0.25, 0.3) is 0 Å². The van der Waals surface area contributed by atoms with Gasteiger partial charge in [-0.1, -0.05) is 29.5 Å². The molecule has 1 N–H and O–H groups in total. The lowest BCUT2D eigenvalue weighted by Crippen LogP contribution is -2.20. The van der Waals surface area contributed by atoms with Crippen molar-refractivity contribution in [2.24, 2.45) is 0 Å². The number of thioether (sulfide) groups is 1. The van der Waals surface area contributed by atoms with E-state index >= 15 is 0 Å². The van der Waals surface area contributed by atoms with Crippen LogP contribution in [0.5, 0.6) is 11.5 Å². The van der Waals surface area contributed by atoms with Crippen LogP contribution in [-0.4, -0.2) is 56.7 Å². The zero-order chi connectivity index (χ0) is 20.8. The third kappa shape index (κ3) is 5.33. The maximum absolute atomic E-state index is 11.5. The molecule has 2 aromatic carbocycles. The molecule has 29 heavy (non-hydrogen) atoms. The third-order valence-electron chi connectivity index (χ3n) is 4.13. The number of Topliss-reactive ketones (excluding diaryl/α,β-unsaturated/α-hetero) is 1. The van der Waals surface area contributed by atoms with Gasteiger partial charge in [-0.2, -0.15) is 4.68 Å². The van der Waals surface area contributed by atoms with E-state index in [0.717, 1.165) is 11.3 Å². The lowest BCUT2D eigenvalue weighted by molar-refractivity contribution is 0.101. The van der Waals surface area contributed by atoms with E-state index < -0.39 is 6.10 Å². The Balaban J connectivity index is 1.57. The number of benzene rings is 2. The molecule has 0 saturated carbocycles. The molecule has 0 fully saturated rings. The number of carbonyl (C=O) groups excluding carboxylic acids is 1. The van der Waals surface area contributed by atoms with Crippen molar-refractivity contribution in [2.75, 3.05) is 19.5 Å². The van der Waals surface area contributed by atoms with Gasteiger partial charge in [0, 0.05) is 11.3 Å². The average Bonchev–Trinajstić information content (AvgIpc) is 3.19. The lowest BCUT2D eigenvalue weighted by Gasteiger charge is -2.14. The topological polar surface area (TPSA) is 99.4 Å². The summed E-state index contributed by atoms with van der Waals surface area (Å²) >= 11 is 1.33. The maximum atomic E-state index is 11.5. The van der Waals surface area contributed by atoms with Crippen LogP contribution in [-0.2, 0) is 0 Å². The zero-order valence-electron chi connectivity index (χ0n) is 16.4. The number of aryl methyl sites for hydroxylation is 1.